The van der Waals surface area contributed by atoms with E-state index in [1.807, 2.05) is 31.2 Å². The second-order valence-electron chi connectivity index (χ2n) is 8.07. The molecule has 7 nitrogen and oxygen atoms in total. The van der Waals surface area contributed by atoms with E-state index in [9.17, 15) is 26.9 Å². The number of sulfonamides is 1. The van der Waals surface area contributed by atoms with Gasteiger partial charge in [0.15, 0.2) is 0 Å². The maximum absolute atomic E-state index is 13.2. The van der Waals surface area contributed by atoms with E-state index in [1.54, 1.807) is 15.5 Å². The standard InChI is InChI=1S/C22H16F3N5O2S/c1-13-9-16-17(10-26)19(30(14-3-2-4-14)20(16)28-11-13)18-6-5-15(12-27-18)33(31,32)29-21(7-8-21)22(23,24)25/h2-6,9,11-12,29H,7-8H2,1H3. The van der Waals surface area contributed by atoms with Crippen LogP contribution in [0.4, 0.5) is 13.2 Å². The monoisotopic (exact) mass is 471 g/mol. The normalized spacial score (nSPS) is 16.9. The molecule has 11 heteroatoms. The first-order chi connectivity index (χ1) is 15.6. The van der Waals surface area contributed by atoms with Crippen molar-refractivity contribution in [3.8, 4) is 17.5 Å². The summed E-state index contributed by atoms with van der Waals surface area (Å²) >= 11 is 0. The number of alkyl halides is 3. The van der Waals surface area contributed by atoms with Crippen LogP contribution in [-0.2, 0) is 10.0 Å². The zero-order valence-electron chi connectivity index (χ0n) is 17.2. The molecule has 3 aromatic rings. The Balaban J connectivity index is 1.59. The van der Waals surface area contributed by atoms with Gasteiger partial charge in [-0.1, -0.05) is 6.08 Å². The van der Waals surface area contributed by atoms with Crippen LogP contribution in [0.3, 0.4) is 0 Å². The van der Waals surface area contributed by atoms with E-state index >= 15 is 0 Å². The Kier molecular flexibility index (Phi) is 4.53. The third-order valence-electron chi connectivity index (χ3n) is 5.76. The zero-order chi connectivity index (χ0) is 23.6. The van der Waals surface area contributed by atoms with Crippen molar-refractivity contribution in [1.29, 1.82) is 5.26 Å². The average molecular weight is 471 g/mol. The van der Waals surface area contributed by atoms with Gasteiger partial charge in [-0.25, -0.2) is 13.4 Å². The molecule has 0 saturated heterocycles. The Hall–Kier alpha value is -3.49. The van der Waals surface area contributed by atoms with Gasteiger partial charge in [0.05, 0.1) is 17.0 Å². The molecule has 1 saturated carbocycles. The lowest BCUT2D eigenvalue weighted by atomic mass is 10.1. The SMILES string of the molecule is Cc1cnc2c(c1)c(C#N)c(-c1ccc(S(=O)(=O)NC3(C(F)(F)F)CC3)cn1)n2C1=CC=C1. The van der Waals surface area contributed by atoms with Crippen molar-refractivity contribution in [2.75, 3.05) is 0 Å². The van der Waals surface area contributed by atoms with Gasteiger partial charge in [-0.05, 0) is 55.7 Å². The van der Waals surface area contributed by atoms with Crippen LogP contribution in [0.5, 0.6) is 0 Å². The number of nitrogens with one attached hydrogen (secondary N) is 1. The highest BCUT2D eigenvalue weighted by Gasteiger charge is 2.65. The molecule has 1 N–H and O–H groups in total. The van der Waals surface area contributed by atoms with Gasteiger partial charge in [-0.15, -0.1) is 0 Å². The van der Waals surface area contributed by atoms with Crippen LogP contribution in [0.15, 0.2) is 53.7 Å². The van der Waals surface area contributed by atoms with Crippen molar-refractivity contribution in [2.24, 2.45) is 0 Å². The van der Waals surface area contributed by atoms with Gasteiger partial charge < -0.3 is 0 Å². The summed E-state index contributed by atoms with van der Waals surface area (Å²) in [5.41, 5.74) is 0.791. The predicted octanol–water partition coefficient (Wildman–Crippen LogP) is 4.06. The number of aromatic nitrogens is 3. The minimum atomic E-state index is -4.68. The first-order valence-electron chi connectivity index (χ1n) is 9.93. The van der Waals surface area contributed by atoms with E-state index in [-0.39, 0.29) is 17.7 Å². The van der Waals surface area contributed by atoms with Gasteiger partial charge in [0.1, 0.15) is 22.2 Å². The number of halogens is 3. The molecular weight excluding hydrogens is 455 g/mol. The Morgan fingerprint density at radius 3 is 2.45 bits per heavy atom. The van der Waals surface area contributed by atoms with Gasteiger partial charge in [0.2, 0.25) is 10.0 Å². The molecule has 0 bridgehead atoms. The second-order valence-corrected chi connectivity index (χ2v) is 9.75. The maximum Gasteiger partial charge on any atom is 0.407 e. The molecule has 0 radical (unpaired) electrons. The molecule has 2 aliphatic carbocycles. The highest BCUT2D eigenvalue weighted by Crippen LogP contribution is 2.49. The van der Waals surface area contributed by atoms with Crippen molar-refractivity contribution >= 4 is 26.8 Å². The molecular formula is C22H16F3N5O2S. The van der Waals surface area contributed by atoms with Crippen LogP contribution >= 0.6 is 0 Å². The number of fused-ring (bicyclic) bond motifs is 1. The summed E-state index contributed by atoms with van der Waals surface area (Å²) in [5, 5.41) is 10.5. The van der Waals surface area contributed by atoms with Crippen LogP contribution in [-0.4, -0.2) is 34.7 Å². The van der Waals surface area contributed by atoms with Gasteiger partial charge in [-0.3, -0.25) is 9.55 Å². The topological polar surface area (TPSA) is 101 Å². The molecule has 33 heavy (non-hydrogen) atoms. The first-order valence-corrected chi connectivity index (χ1v) is 11.4. The summed E-state index contributed by atoms with van der Waals surface area (Å²) < 4.78 is 68.3. The van der Waals surface area contributed by atoms with E-state index in [0.717, 1.165) is 17.5 Å². The Bertz CT molecular complexity index is 1510. The molecule has 0 spiro atoms. The summed E-state index contributed by atoms with van der Waals surface area (Å²) in [4.78, 5) is 8.28. The van der Waals surface area contributed by atoms with Crippen molar-refractivity contribution in [2.45, 2.75) is 36.4 Å². The highest BCUT2D eigenvalue weighted by atomic mass is 32.2. The third-order valence-corrected chi connectivity index (χ3v) is 7.28. The number of aryl methyl sites for hydroxylation is 1. The van der Waals surface area contributed by atoms with E-state index in [2.05, 4.69) is 16.0 Å². The number of allylic oxidation sites excluding steroid dienone is 4. The molecule has 1 fully saturated rings. The lowest BCUT2D eigenvalue weighted by molar-refractivity contribution is -0.160. The minimum absolute atomic E-state index is 0.291. The Morgan fingerprint density at radius 2 is 1.94 bits per heavy atom. The smallest absolute Gasteiger partial charge is 0.291 e. The van der Waals surface area contributed by atoms with Crippen LogP contribution in [0, 0.1) is 18.3 Å². The van der Waals surface area contributed by atoms with E-state index in [0.29, 0.717) is 28.0 Å². The molecule has 3 aromatic heterocycles. The summed E-state index contributed by atoms with van der Waals surface area (Å²) in [7, 11) is -4.44. The van der Waals surface area contributed by atoms with Crippen LogP contribution in [0.25, 0.3) is 28.1 Å². The maximum atomic E-state index is 13.2. The largest absolute Gasteiger partial charge is 0.407 e. The van der Waals surface area contributed by atoms with E-state index in [4.69, 9.17) is 0 Å². The molecule has 5 rings (SSSR count). The number of hydrogen-bond acceptors (Lipinski definition) is 5. The van der Waals surface area contributed by atoms with E-state index in [1.165, 1.54) is 12.1 Å². The summed E-state index contributed by atoms with van der Waals surface area (Å²) in [6.45, 7) is 1.85. The van der Waals surface area contributed by atoms with Crippen molar-refractivity contribution in [3.63, 3.8) is 0 Å². The quantitative estimate of drug-likeness (QED) is 0.605. The number of hydrogen-bond donors (Lipinski definition) is 1. The molecule has 0 aromatic carbocycles. The molecule has 0 amide bonds. The van der Waals surface area contributed by atoms with Crippen LogP contribution < -0.4 is 4.72 Å². The van der Waals surface area contributed by atoms with Gasteiger partial charge in [-0.2, -0.15) is 23.2 Å². The van der Waals surface area contributed by atoms with Crippen molar-refractivity contribution < 1.29 is 21.6 Å². The average Bonchev–Trinajstić information content (AvgIpc) is 3.43. The van der Waals surface area contributed by atoms with Crippen molar-refractivity contribution in [3.05, 3.63) is 59.9 Å². The highest BCUT2D eigenvalue weighted by molar-refractivity contribution is 7.89. The van der Waals surface area contributed by atoms with E-state index < -0.39 is 21.7 Å². The Labute approximate surface area is 186 Å². The van der Waals surface area contributed by atoms with Crippen LogP contribution in [0.2, 0.25) is 0 Å². The molecule has 0 unspecified atom stereocenters. The summed E-state index contributed by atoms with van der Waals surface area (Å²) in [6.07, 6.45) is 2.89. The van der Waals surface area contributed by atoms with Gasteiger partial charge >= 0.3 is 6.18 Å². The molecule has 0 atom stereocenters. The van der Waals surface area contributed by atoms with Crippen molar-refractivity contribution in [1.82, 2.24) is 19.3 Å². The molecule has 168 valence electrons. The number of nitrogens with zero attached hydrogens (tertiary/aromatic N) is 4. The second kappa shape index (κ2) is 7.00. The summed E-state index contributed by atoms with van der Waals surface area (Å²) in [5.74, 6) is 0. The number of rotatable bonds is 5. The fraction of sp³-hybridized carbons (Fsp3) is 0.227. The van der Waals surface area contributed by atoms with Crippen LogP contribution in [0.1, 0.15) is 24.0 Å². The molecule has 3 heterocycles. The number of nitriles is 1. The van der Waals surface area contributed by atoms with Gasteiger partial charge in [0.25, 0.3) is 0 Å². The van der Waals surface area contributed by atoms with Gasteiger partial charge in [0, 0.05) is 23.5 Å². The Morgan fingerprint density at radius 1 is 1.21 bits per heavy atom. The fourth-order valence-corrected chi connectivity index (χ4v) is 5.16. The predicted molar refractivity (Wildman–Crippen MR) is 114 cm³/mol. The summed E-state index contributed by atoms with van der Waals surface area (Å²) in [6, 6.07) is 6.58. The first kappa shape index (κ1) is 21.4. The number of pyridine rings is 2. The fourth-order valence-electron chi connectivity index (χ4n) is 3.77. The minimum Gasteiger partial charge on any atom is -0.291 e. The lowest BCUT2D eigenvalue weighted by Gasteiger charge is -2.20. The third kappa shape index (κ3) is 3.34. The molecule has 0 aliphatic heterocycles. The molecule has 2 aliphatic rings. The zero-order valence-corrected chi connectivity index (χ0v) is 18.0. The lowest BCUT2D eigenvalue weighted by Crippen LogP contribution is -2.47.